The first-order valence-electron chi connectivity index (χ1n) is 11.1. The van der Waals surface area contributed by atoms with Gasteiger partial charge in [0.25, 0.3) is 0 Å². The number of carbonyl (C=O) groups excluding carboxylic acids is 3. The molecule has 0 aliphatic rings. The lowest BCUT2D eigenvalue weighted by atomic mass is 9.97. The van der Waals surface area contributed by atoms with Crippen LogP contribution < -0.4 is 27.8 Å². The van der Waals surface area contributed by atoms with E-state index in [2.05, 4.69) is 20.6 Å². The number of rotatable bonds is 10. The van der Waals surface area contributed by atoms with Gasteiger partial charge in [-0.15, -0.1) is 0 Å². The number of aromatic nitrogens is 2. The van der Waals surface area contributed by atoms with Gasteiger partial charge in [-0.2, -0.15) is 0 Å². The minimum absolute atomic E-state index is 0.0634. The second kappa shape index (κ2) is 11.2. The van der Waals surface area contributed by atoms with Crippen molar-refractivity contribution in [2.45, 2.75) is 39.0 Å². The normalized spacial score (nSPS) is 10.8. The molecule has 3 aromatic rings. The summed E-state index contributed by atoms with van der Waals surface area (Å²) in [6.07, 6.45) is 5.71. The molecule has 11 heteroatoms. The van der Waals surface area contributed by atoms with Crippen molar-refractivity contribution in [2.24, 2.45) is 5.73 Å². The number of nitrogens with two attached hydrogens (primary N) is 3. The Hall–Kier alpha value is -4.28. The number of hydrogen-bond donors (Lipinski definition) is 5. The van der Waals surface area contributed by atoms with Crippen LogP contribution in [0.5, 0.6) is 0 Å². The minimum Gasteiger partial charge on any atom is -0.397 e. The van der Waals surface area contributed by atoms with Gasteiger partial charge in [-0.1, -0.05) is 0 Å². The largest absolute Gasteiger partial charge is 0.397 e. The van der Waals surface area contributed by atoms with Crippen molar-refractivity contribution in [3.63, 3.8) is 0 Å². The fourth-order valence-corrected chi connectivity index (χ4v) is 3.57. The molecule has 0 aliphatic heterocycles. The highest BCUT2D eigenvalue weighted by Gasteiger charge is 2.17. The highest BCUT2D eigenvalue weighted by Crippen LogP contribution is 2.36. The van der Waals surface area contributed by atoms with Crippen LogP contribution in [0.2, 0.25) is 0 Å². The Labute approximate surface area is 201 Å². The molecule has 0 saturated heterocycles. The van der Waals surface area contributed by atoms with E-state index in [1.807, 2.05) is 0 Å². The fraction of sp³-hybridized carbons (Fsp3) is 0.292. The Morgan fingerprint density at radius 2 is 1.71 bits per heavy atom. The van der Waals surface area contributed by atoms with Crippen molar-refractivity contribution in [1.29, 1.82) is 0 Å². The first-order chi connectivity index (χ1) is 16.7. The number of amides is 3. The number of carbonyl (C=O) groups is 3. The molecule has 8 N–H and O–H groups in total. The van der Waals surface area contributed by atoms with Crippen LogP contribution >= 0.6 is 0 Å². The standard InChI is InChI=1S/C24H28FN7O3/c1-13-16(10-29-12-18(13)26)15-8-14-9-20(31-11-17(14)24(28)23(15)25)32-22(35)6-2-5-21(34)30-7-3-4-19(27)33/h8-12H,2-7,26,28H2,1H3,(H2,27,33)(H,30,34)(H,31,32,35). The summed E-state index contributed by atoms with van der Waals surface area (Å²) in [5, 5.41) is 6.35. The summed E-state index contributed by atoms with van der Waals surface area (Å²) in [5.74, 6) is -1.26. The Kier molecular flexibility index (Phi) is 8.13. The number of primary amides is 1. The number of nitrogens with one attached hydrogen (secondary N) is 2. The van der Waals surface area contributed by atoms with Crippen LogP contribution in [0.25, 0.3) is 21.9 Å². The average Bonchev–Trinajstić information content (AvgIpc) is 2.81. The Bertz CT molecular complexity index is 1280. The summed E-state index contributed by atoms with van der Waals surface area (Å²) in [6, 6.07) is 3.22. The highest BCUT2D eigenvalue weighted by atomic mass is 19.1. The molecule has 2 aromatic heterocycles. The van der Waals surface area contributed by atoms with Crippen LogP contribution in [0.3, 0.4) is 0 Å². The van der Waals surface area contributed by atoms with E-state index in [1.165, 1.54) is 18.6 Å². The van der Waals surface area contributed by atoms with E-state index in [4.69, 9.17) is 17.2 Å². The van der Waals surface area contributed by atoms with Crippen LogP contribution in [0.15, 0.2) is 30.7 Å². The lowest BCUT2D eigenvalue weighted by Gasteiger charge is -2.13. The quantitative estimate of drug-likeness (QED) is 0.218. The van der Waals surface area contributed by atoms with Gasteiger partial charge in [0.15, 0.2) is 5.82 Å². The van der Waals surface area contributed by atoms with Gasteiger partial charge >= 0.3 is 0 Å². The molecule has 0 atom stereocenters. The van der Waals surface area contributed by atoms with Crippen molar-refractivity contribution in [3.05, 3.63) is 42.1 Å². The van der Waals surface area contributed by atoms with Crippen molar-refractivity contribution in [1.82, 2.24) is 15.3 Å². The first-order valence-corrected chi connectivity index (χ1v) is 11.1. The zero-order valence-corrected chi connectivity index (χ0v) is 19.4. The number of hydrogen-bond acceptors (Lipinski definition) is 7. The van der Waals surface area contributed by atoms with Crippen LogP contribution in [0, 0.1) is 12.7 Å². The highest BCUT2D eigenvalue weighted by molar-refractivity contribution is 6.00. The molecule has 3 rings (SSSR count). The maximum atomic E-state index is 15.0. The van der Waals surface area contributed by atoms with Crippen LogP contribution in [-0.2, 0) is 14.4 Å². The molecule has 10 nitrogen and oxygen atoms in total. The number of benzene rings is 1. The number of halogens is 1. The number of pyridine rings is 2. The van der Waals surface area contributed by atoms with E-state index < -0.39 is 11.7 Å². The Morgan fingerprint density at radius 1 is 0.971 bits per heavy atom. The third kappa shape index (κ3) is 6.40. The third-order valence-corrected chi connectivity index (χ3v) is 5.54. The molecular weight excluding hydrogens is 453 g/mol. The van der Waals surface area contributed by atoms with E-state index in [9.17, 15) is 14.4 Å². The Balaban J connectivity index is 1.65. The smallest absolute Gasteiger partial charge is 0.225 e. The molecule has 2 heterocycles. The molecule has 0 unspecified atom stereocenters. The molecule has 0 saturated carbocycles. The summed E-state index contributed by atoms with van der Waals surface area (Å²) in [6.45, 7) is 2.12. The van der Waals surface area contributed by atoms with E-state index in [-0.39, 0.29) is 48.1 Å². The predicted molar refractivity (Wildman–Crippen MR) is 132 cm³/mol. The third-order valence-electron chi connectivity index (χ3n) is 5.54. The van der Waals surface area contributed by atoms with Crippen molar-refractivity contribution < 1.29 is 18.8 Å². The van der Waals surface area contributed by atoms with Gasteiger partial charge in [0.1, 0.15) is 5.82 Å². The molecular formula is C24H28FN7O3. The number of fused-ring (bicyclic) bond motifs is 1. The van der Waals surface area contributed by atoms with Gasteiger partial charge in [-0.05, 0) is 42.8 Å². The maximum Gasteiger partial charge on any atom is 0.225 e. The van der Waals surface area contributed by atoms with Crippen molar-refractivity contribution in [2.75, 3.05) is 23.3 Å². The molecule has 0 spiro atoms. The van der Waals surface area contributed by atoms with E-state index in [0.717, 1.165) is 0 Å². The van der Waals surface area contributed by atoms with Gasteiger partial charge < -0.3 is 27.8 Å². The zero-order chi connectivity index (χ0) is 25.5. The summed E-state index contributed by atoms with van der Waals surface area (Å²) in [5.41, 5.74) is 18.8. The molecule has 0 bridgehead atoms. The second-order valence-electron chi connectivity index (χ2n) is 8.17. The van der Waals surface area contributed by atoms with Gasteiger partial charge in [0.2, 0.25) is 17.7 Å². The van der Waals surface area contributed by atoms with Crippen LogP contribution in [0.4, 0.5) is 21.6 Å². The zero-order valence-electron chi connectivity index (χ0n) is 19.4. The first kappa shape index (κ1) is 25.3. The molecule has 3 amide bonds. The molecule has 0 radical (unpaired) electrons. The monoisotopic (exact) mass is 481 g/mol. The fourth-order valence-electron chi connectivity index (χ4n) is 3.57. The number of nitrogens with zero attached hydrogens (tertiary/aromatic N) is 2. The lowest BCUT2D eigenvalue weighted by molar-refractivity contribution is -0.122. The number of nitrogen functional groups attached to an aromatic ring is 2. The minimum atomic E-state index is -0.598. The van der Waals surface area contributed by atoms with E-state index in [0.29, 0.717) is 47.0 Å². The van der Waals surface area contributed by atoms with Crippen LogP contribution in [-0.4, -0.2) is 34.2 Å². The SMILES string of the molecule is Cc1c(N)cncc1-c1cc2cc(NC(=O)CCCC(=O)NCCCC(N)=O)ncc2c(N)c1F. The van der Waals surface area contributed by atoms with Gasteiger partial charge in [0.05, 0.1) is 17.6 Å². The van der Waals surface area contributed by atoms with Gasteiger partial charge in [-0.25, -0.2) is 9.37 Å². The molecule has 0 fully saturated rings. The van der Waals surface area contributed by atoms with Crippen molar-refractivity contribution >= 4 is 45.7 Å². The average molecular weight is 482 g/mol. The maximum absolute atomic E-state index is 15.0. The summed E-state index contributed by atoms with van der Waals surface area (Å²) < 4.78 is 15.0. The number of anilines is 3. The molecule has 0 aliphatic carbocycles. The van der Waals surface area contributed by atoms with Crippen molar-refractivity contribution in [3.8, 4) is 11.1 Å². The van der Waals surface area contributed by atoms with E-state index in [1.54, 1.807) is 19.1 Å². The Morgan fingerprint density at radius 3 is 2.46 bits per heavy atom. The molecule has 184 valence electrons. The molecule has 1 aromatic carbocycles. The van der Waals surface area contributed by atoms with E-state index >= 15 is 4.39 Å². The summed E-state index contributed by atoms with van der Waals surface area (Å²) >= 11 is 0. The van der Waals surface area contributed by atoms with Gasteiger partial charge in [0, 0.05) is 54.7 Å². The summed E-state index contributed by atoms with van der Waals surface area (Å²) in [4.78, 5) is 43.0. The van der Waals surface area contributed by atoms with Gasteiger partial charge in [-0.3, -0.25) is 19.4 Å². The second-order valence-corrected chi connectivity index (χ2v) is 8.17. The molecule has 35 heavy (non-hydrogen) atoms. The van der Waals surface area contributed by atoms with Crippen LogP contribution in [0.1, 0.15) is 37.7 Å². The summed E-state index contributed by atoms with van der Waals surface area (Å²) in [7, 11) is 0. The topological polar surface area (TPSA) is 179 Å². The predicted octanol–water partition coefficient (Wildman–Crippen LogP) is 2.40. The lowest BCUT2D eigenvalue weighted by Crippen LogP contribution is -2.25.